The van der Waals surface area contributed by atoms with Gasteiger partial charge in [-0.3, -0.25) is 14.9 Å². The van der Waals surface area contributed by atoms with Crippen molar-refractivity contribution >= 4 is 97.9 Å². The van der Waals surface area contributed by atoms with Crippen molar-refractivity contribution in [3.05, 3.63) is 52.9 Å². The highest BCUT2D eigenvalue weighted by Crippen LogP contribution is 2.43. The number of thiophene rings is 1. The van der Waals surface area contributed by atoms with E-state index < -0.39 is 33.8 Å². The van der Waals surface area contributed by atoms with Crippen molar-refractivity contribution in [2.75, 3.05) is 59.5 Å². The summed E-state index contributed by atoms with van der Waals surface area (Å²) < 4.78 is 11.7. The second kappa shape index (κ2) is 19.0. The number of nitrogens with zero attached hydrogens (tertiary/aromatic N) is 1. The van der Waals surface area contributed by atoms with Crippen molar-refractivity contribution in [3.8, 4) is 11.1 Å². The van der Waals surface area contributed by atoms with E-state index in [1.54, 1.807) is 38.6 Å². The molecular weight excluding hydrogens is 749 g/mol. The van der Waals surface area contributed by atoms with Gasteiger partial charge in [0.1, 0.15) is 18.0 Å². The molecule has 51 heavy (non-hydrogen) atoms. The number of carboxylic acid groups (broad SMARTS) is 1. The molecule has 0 saturated heterocycles. The van der Waals surface area contributed by atoms with E-state index in [4.69, 9.17) is 20.3 Å². The second-order valence-corrected chi connectivity index (χ2v) is 22.0. The van der Waals surface area contributed by atoms with Crippen LogP contribution in [0, 0.1) is 6.92 Å². The first kappa shape index (κ1) is 42.1. The first-order chi connectivity index (χ1) is 23.8. The van der Waals surface area contributed by atoms with Crippen LogP contribution in [-0.2, 0) is 19.1 Å². The minimum Gasteiger partial charge on any atom is -0.481 e. The Hall–Kier alpha value is -3.31. The smallest absolute Gasteiger partial charge is 0.436 e. The number of thioether (sulfide) groups is 2. The molecule has 0 aliphatic rings. The first-order valence-electron chi connectivity index (χ1n) is 15.7. The summed E-state index contributed by atoms with van der Waals surface area (Å²) in [6.07, 6.45) is 7.04. The fourth-order valence-corrected chi connectivity index (χ4v) is 8.77. The fraction of sp³-hybridized carbons (Fsp3) is 0.400. The SMILES string of the molecule is CSc1sc(/C(N)=N/C(=O)OC(C)(C)C)cc1Sc1cccc(-c2c(C)cc(NC(=O)OCCS(C)(C)C)cc2NC(=O)CSCCC(=O)O)c1. The molecule has 0 fully saturated rings. The third-order valence-corrected chi connectivity index (χ3v) is 12.5. The molecular formula is C35H46N4O7S5. The Bertz CT molecular complexity index is 1760. The molecule has 2 aromatic carbocycles. The summed E-state index contributed by atoms with van der Waals surface area (Å²) in [5, 5.41) is 14.7. The average molecular weight is 795 g/mol. The number of aryl methyl sites for hydroxylation is 1. The van der Waals surface area contributed by atoms with Gasteiger partial charge in [-0.05, 0) is 94.2 Å². The number of amidine groups is 1. The first-order valence-corrected chi connectivity index (χ1v) is 22.7. The highest BCUT2D eigenvalue weighted by Gasteiger charge is 2.20. The molecule has 3 aromatic rings. The highest BCUT2D eigenvalue weighted by molar-refractivity contribution is 8.32. The van der Waals surface area contributed by atoms with Gasteiger partial charge in [-0.1, -0.05) is 23.9 Å². The van der Waals surface area contributed by atoms with Crippen molar-refractivity contribution in [3.63, 3.8) is 0 Å². The summed E-state index contributed by atoms with van der Waals surface area (Å²) in [5.41, 5.74) is 8.86. The average Bonchev–Trinajstić information content (AvgIpc) is 3.40. The van der Waals surface area contributed by atoms with Crippen LogP contribution in [0.5, 0.6) is 0 Å². The zero-order chi connectivity index (χ0) is 37.9. The molecule has 0 atom stereocenters. The van der Waals surface area contributed by atoms with Crippen molar-refractivity contribution in [2.24, 2.45) is 10.7 Å². The van der Waals surface area contributed by atoms with Crippen LogP contribution in [-0.4, -0.2) is 89.5 Å². The van der Waals surface area contributed by atoms with Crippen molar-refractivity contribution in [2.45, 2.75) is 53.7 Å². The summed E-state index contributed by atoms with van der Waals surface area (Å²) >= 11 is 5.75. The number of carbonyl (C=O) groups excluding carboxylic acids is 3. The topological polar surface area (TPSA) is 169 Å². The van der Waals surface area contributed by atoms with Gasteiger partial charge in [0, 0.05) is 32.5 Å². The van der Waals surface area contributed by atoms with Gasteiger partial charge in [0.15, 0.2) is 0 Å². The molecule has 3 amide bonds. The molecule has 0 radical (unpaired) electrons. The standard InChI is InChI=1S/C35H46N4O7S5/c1-21-16-23(37-33(43)45-13-15-51(6,7)8)18-25(38-28(40)20-48-14-12-29(41)42)30(21)22-10-9-11-24(17-22)49-27-19-26(50-32(27)47-5)31(36)39-34(44)46-35(2,3)4/h9-11,16-19H,12-15,20H2,1-8H3,(H,37,43)(H,38,40)(H,41,42)(H2,36,39,44). The maximum Gasteiger partial charge on any atom is 0.436 e. The molecule has 16 heteroatoms. The predicted molar refractivity (Wildman–Crippen MR) is 217 cm³/mol. The molecule has 0 bridgehead atoms. The van der Waals surface area contributed by atoms with Gasteiger partial charge in [0.05, 0.1) is 26.9 Å². The summed E-state index contributed by atoms with van der Waals surface area (Å²) in [5.74, 6) is 0.00788. The van der Waals surface area contributed by atoms with Gasteiger partial charge in [0.25, 0.3) is 0 Å². The fourth-order valence-electron chi connectivity index (χ4n) is 4.37. The molecule has 278 valence electrons. The van der Waals surface area contributed by atoms with Crippen molar-refractivity contribution in [1.29, 1.82) is 0 Å². The Morgan fingerprint density at radius 1 is 1.06 bits per heavy atom. The normalized spacial score (nSPS) is 12.3. The number of hydrogen-bond acceptors (Lipinski definition) is 10. The van der Waals surface area contributed by atoms with Crippen LogP contribution < -0.4 is 16.4 Å². The molecule has 11 nitrogen and oxygen atoms in total. The Kier molecular flexibility index (Phi) is 15.7. The minimum absolute atomic E-state index is 0.0437. The maximum atomic E-state index is 13.0. The summed E-state index contributed by atoms with van der Waals surface area (Å²) in [7, 11) is -0.828. The van der Waals surface area contributed by atoms with E-state index in [1.165, 1.54) is 34.9 Å². The number of aliphatic carboxylic acids is 1. The number of ether oxygens (including phenoxy) is 2. The lowest BCUT2D eigenvalue weighted by Crippen LogP contribution is -2.24. The maximum absolute atomic E-state index is 13.0. The van der Waals surface area contributed by atoms with E-state index in [-0.39, 0.29) is 23.9 Å². The Balaban J connectivity index is 1.92. The van der Waals surface area contributed by atoms with Crippen LogP contribution in [0.15, 0.2) is 61.5 Å². The van der Waals surface area contributed by atoms with Crippen LogP contribution >= 0.6 is 56.7 Å². The summed E-state index contributed by atoms with van der Waals surface area (Å²) in [4.78, 5) is 55.3. The van der Waals surface area contributed by atoms with Crippen LogP contribution in [0.3, 0.4) is 0 Å². The number of rotatable bonds is 15. The Labute approximate surface area is 318 Å². The van der Waals surface area contributed by atoms with Gasteiger partial charge in [-0.2, -0.15) is 16.8 Å². The van der Waals surface area contributed by atoms with E-state index in [9.17, 15) is 19.2 Å². The van der Waals surface area contributed by atoms with Gasteiger partial charge < -0.3 is 25.6 Å². The number of benzene rings is 2. The largest absolute Gasteiger partial charge is 0.481 e. The predicted octanol–water partition coefficient (Wildman–Crippen LogP) is 8.63. The third-order valence-electron chi connectivity index (χ3n) is 6.54. The van der Waals surface area contributed by atoms with Gasteiger partial charge in [-0.25, -0.2) is 19.6 Å². The summed E-state index contributed by atoms with van der Waals surface area (Å²) in [6.45, 7) is 7.48. The quantitative estimate of drug-likeness (QED) is 0.0503. The van der Waals surface area contributed by atoms with E-state index in [0.717, 1.165) is 36.4 Å². The Morgan fingerprint density at radius 2 is 1.78 bits per heavy atom. The van der Waals surface area contributed by atoms with E-state index in [1.807, 2.05) is 49.6 Å². The molecule has 3 rings (SSSR count). The lowest BCUT2D eigenvalue weighted by Gasteiger charge is -2.24. The number of nitrogens with one attached hydrogen (secondary N) is 2. The zero-order valence-electron chi connectivity index (χ0n) is 30.0. The molecule has 0 spiro atoms. The highest BCUT2D eigenvalue weighted by atomic mass is 32.3. The second-order valence-electron chi connectivity index (χ2n) is 13.1. The van der Waals surface area contributed by atoms with Crippen molar-refractivity contribution < 1.29 is 33.8 Å². The third kappa shape index (κ3) is 14.7. The van der Waals surface area contributed by atoms with Crippen LogP contribution in [0.4, 0.5) is 21.0 Å². The molecule has 1 heterocycles. The van der Waals surface area contributed by atoms with Crippen LogP contribution in [0.25, 0.3) is 11.1 Å². The number of amides is 3. The molecule has 0 saturated carbocycles. The number of aliphatic imine (C=N–C) groups is 1. The van der Waals surface area contributed by atoms with Crippen LogP contribution in [0.2, 0.25) is 0 Å². The van der Waals surface area contributed by atoms with Crippen molar-refractivity contribution in [1.82, 2.24) is 0 Å². The number of carbonyl (C=O) groups is 4. The lowest BCUT2D eigenvalue weighted by molar-refractivity contribution is -0.136. The Morgan fingerprint density at radius 3 is 2.43 bits per heavy atom. The van der Waals surface area contributed by atoms with Gasteiger partial charge in [0.2, 0.25) is 5.91 Å². The van der Waals surface area contributed by atoms with E-state index in [0.29, 0.717) is 28.6 Å². The summed E-state index contributed by atoms with van der Waals surface area (Å²) in [6, 6.07) is 13.3. The molecule has 1 aromatic heterocycles. The van der Waals surface area contributed by atoms with E-state index >= 15 is 0 Å². The molecule has 0 aliphatic heterocycles. The number of carboxylic acids is 1. The number of nitrogens with two attached hydrogens (primary N) is 1. The monoisotopic (exact) mass is 794 g/mol. The lowest BCUT2D eigenvalue weighted by atomic mass is 9.97. The zero-order valence-corrected chi connectivity index (χ0v) is 34.1. The van der Waals surface area contributed by atoms with Gasteiger partial charge in [-0.15, -0.1) is 23.1 Å². The molecule has 0 aliphatic carbocycles. The molecule has 0 unspecified atom stereocenters. The van der Waals surface area contributed by atoms with Crippen LogP contribution in [0.1, 0.15) is 37.6 Å². The molecule has 5 N–H and O–H groups in total. The van der Waals surface area contributed by atoms with Gasteiger partial charge >= 0.3 is 18.2 Å². The number of hydrogen-bond donors (Lipinski definition) is 4. The minimum atomic E-state index is -0.922. The number of anilines is 2. The van der Waals surface area contributed by atoms with E-state index in [2.05, 4.69) is 34.4 Å².